The highest BCUT2D eigenvalue weighted by Crippen LogP contribution is 2.40. The summed E-state index contributed by atoms with van der Waals surface area (Å²) < 4.78 is 15.9. The predicted molar refractivity (Wildman–Crippen MR) is 111 cm³/mol. The van der Waals surface area contributed by atoms with E-state index < -0.39 is 5.41 Å². The molecule has 0 aliphatic heterocycles. The van der Waals surface area contributed by atoms with Gasteiger partial charge in [-0.1, -0.05) is 20.8 Å². The lowest BCUT2D eigenvalue weighted by Gasteiger charge is -2.16. The maximum absolute atomic E-state index is 12.8. The molecule has 0 atom stereocenters. The predicted octanol–water partition coefficient (Wildman–Crippen LogP) is 4.32. The molecule has 8 heteroatoms. The number of ether oxygens (including phenoxy) is 3. The van der Waals surface area contributed by atoms with E-state index in [0.717, 1.165) is 5.56 Å². The first-order valence-electron chi connectivity index (χ1n) is 8.64. The number of methoxy groups -OCH3 is 3. The second-order valence-corrected chi connectivity index (χ2v) is 8.25. The number of rotatable bonds is 6. The number of hydrogen-bond acceptors (Lipinski definition) is 6. The maximum atomic E-state index is 12.8. The Morgan fingerprint density at radius 2 is 1.50 bits per heavy atom. The van der Waals surface area contributed by atoms with Crippen LogP contribution < -0.4 is 24.8 Å². The molecule has 0 saturated carbocycles. The van der Waals surface area contributed by atoms with Gasteiger partial charge in [-0.2, -0.15) is 0 Å². The van der Waals surface area contributed by atoms with Gasteiger partial charge in [0.05, 0.1) is 31.2 Å². The van der Waals surface area contributed by atoms with Gasteiger partial charge < -0.3 is 24.8 Å². The van der Waals surface area contributed by atoms with Crippen molar-refractivity contribution in [2.75, 3.05) is 32.0 Å². The third kappa shape index (κ3) is 4.75. The van der Waals surface area contributed by atoms with Gasteiger partial charge in [0, 0.05) is 23.2 Å². The molecular formula is C20H26N2O5S. The fraction of sp³-hybridized carbons (Fsp3) is 0.400. The molecule has 0 saturated heterocycles. The van der Waals surface area contributed by atoms with Gasteiger partial charge in [-0.05, 0) is 18.6 Å². The van der Waals surface area contributed by atoms with Gasteiger partial charge in [0.1, 0.15) is 0 Å². The number of carbonyl (C=O) groups is 2. The third-order valence-electron chi connectivity index (χ3n) is 3.96. The van der Waals surface area contributed by atoms with Crippen molar-refractivity contribution in [3.05, 3.63) is 28.6 Å². The maximum Gasteiger partial charge on any atom is 0.266 e. The summed E-state index contributed by atoms with van der Waals surface area (Å²) in [5.41, 5.74) is 0.767. The van der Waals surface area contributed by atoms with Crippen LogP contribution in [0.25, 0.3) is 0 Å². The number of carbonyl (C=O) groups excluding carboxylic acids is 2. The van der Waals surface area contributed by atoms with Crippen molar-refractivity contribution in [3.63, 3.8) is 0 Å². The number of aryl methyl sites for hydroxylation is 1. The number of amides is 2. The molecule has 1 aromatic carbocycles. The quantitative estimate of drug-likeness (QED) is 0.746. The van der Waals surface area contributed by atoms with Crippen LogP contribution in [0.15, 0.2) is 18.2 Å². The summed E-state index contributed by atoms with van der Waals surface area (Å²) in [5, 5.41) is 6.33. The molecular weight excluding hydrogens is 380 g/mol. The molecule has 0 aliphatic rings. The third-order valence-corrected chi connectivity index (χ3v) is 5.12. The fourth-order valence-corrected chi connectivity index (χ4v) is 3.37. The molecule has 152 valence electrons. The number of thiophene rings is 1. The van der Waals surface area contributed by atoms with Crippen LogP contribution >= 0.6 is 11.3 Å². The van der Waals surface area contributed by atoms with Gasteiger partial charge in [-0.3, -0.25) is 9.59 Å². The molecule has 2 N–H and O–H groups in total. The molecule has 1 aromatic heterocycles. The minimum Gasteiger partial charge on any atom is -0.493 e. The normalized spacial score (nSPS) is 11.0. The number of benzene rings is 1. The molecule has 28 heavy (non-hydrogen) atoms. The van der Waals surface area contributed by atoms with Crippen LogP contribution in [-0.2, 0) is 4.79 Å². The highest BCUT2D eigenvalue weighted by Gasteiger charge is 2.23. The van der Waals surface area contributed by atoms with Crippen LogP contribution in [-0.4, -0.2) is 33.1 Å². The summed E-state index contributed by atoms with van der Waals surface area (Å²) in [6, 6.07) is 5.10. The Morgan fingerprint density at radius 1 is 0.929 bits per heavy atom. The minimum atomic E-state index is -0.517. The molecule has 1 heterocycles. The SMILES string of the molecule is COc1cc(NC(=O)c2sc(NC(=O)C(C)(C)C)cc2C)cc(OC)c1OC. The van der Waals surface area contributed by atoms with Gasteiger partial charge in [-0.15, -0.1) is 11.3 Å². The lowest BCUT2D eigenvalue weighted by Crippen LogP contribution is -2.27. The van der Waals surface area contributed by atoms with E-state index in [2.05, 4.69) is 10.6 Å². The molecule has 0 bridgehead atoms. The van der Waals surface area contributed by atoms with Crippen molar-refractivity contribution in [2.45, 2.75) is 27.7 Å². The summed E-state index contributed by atoms with van der Waals surface area (Å²) in [6.07, 6.45) is 0. The van der Waals surface area contributed by atoms with Gasteiger partial charge in [-0.25, -0.2) is 0 Å². The van der Waals surface area contributed by atoms with Crippen LogP contribution in [0.5, 0.6) is 17.2 Å². The van der Waals surface area contributed by atoms with Gasteiger partial charge in [0.2, 0.25) is 11.7 Å². The number of anilines is 2. The van der Waals surface area contributed by atoms with E-state index in [1.165, 1.54) is 32.7 Å². The zero-order chi connectivity index (χ0) is 21.1. The van der Waals surface area contributed by atoms with Crippen LogP contribution in [0.3, 0.4) is 0 Å². The summed E-state index contributed by atoms with van der Waals surface area (Å²) >= 11 is 1.23. The van der Waals surface area contributed by atoms with Crippen molar-refractivity contribution >= 4 is 33.8 Å². The Morgan fingerprint density at radius 3 is 1.96 bits per heavy atom. The van der Waals surface area contributed by atoms with Crippen molar-refractivity contribution < 1.29 is 23.8 Å². The Hall–Kier alpha value is -2.74. The molecule has 2 amide bonds. The standard InChI is InChI=1S/C20H26N2O5S/c1-11-8-15(22-19(24)20(2,3)4)28-17(11)18(23)21-12-9-13(25-5)16(27-7)14(10-12)26-6/h8-10H,1-7H3,(H,21,23)(H,22,24). The first-order valence-corrected chi connectivity index (χ1v) is 9.45. The summed E-state index contributed by atoms with van der Waals surface area (Å²) in [5.74, 6) is 0.942. The zero-order valence-electron chi connectivity index (χ0n) is 17.2. The molecule has 2 rings (SSSR count). The van der Waals surface area contributed by atoms with Crippen LogP contribution in [0, 0.1) is 12.3 Å². The first kappa shape index (κ1) is 21.6. The van der Waals surface area contributed by atoms with Gasteiger partial charge in [0.15, 0.2) is 11.5 Å². The number of hydrogen-bond donors (Lipinski definition) is 2. The van der Waals surface area contributed by atoms with Gasteiger partial charge >= 0.3 is 0 Å². The van der Waals surface area contributed by atoms with E-state index in [0.29, 0.717) is 32.8 Å². The van der Waals surface area contributed by atoms with Crippen molar-refractivity contribution in [3.8, 4) is 17.2 Å². The first-order chi connectivity index (χ1) is 13.1. The number of nitrogens with one attached hydrogen (secondary N) is 2. The molecule has 0 radical (unpaired) electrons. The monoisotopic (exact) mass is 406 g/mol. The Balaban J connectivity index is 2.25. The van der Waals surface area contributed by atoms with Gasteiger partial charge in [0.25, 0.3) is 5.91 Å². The molecule has 0 unspecified atom stereocenters. The van der Waals surface area contributed by atoms with E-state index in [1.807, 2.05) is 27.7 Å². The van der Waals surface area contributed by atoms with E-state index in [1.54, 1.807) is 18.2 Å². The minimum absolute atomic E-state index is 0.106. The Bertz CT molecular complexity index is 858. The van der Waals surface area contributed by atoms with Crippen LogP contribution in [0.1, 0.15) is 36.0 Å². The van der Waals surface area contributed by atoms with E-state index in [9.17, 15) is 9.59 Å². The molecule has 2 aromatic rings. The average Bonchev–Trinajstić information content (AvgIpc) is 3.00. The summed E-state index contributed by atoms with van der Waals surface area (Å²) in [7, 11) is 4.54. The summed E-state index contributed by atoms with van der Waals surface area (Å²) in [4.78, 5) is 25.4. The Kier molecular flexibility index (Phi) is 6.56. The van der Waals surface area contributed by atoms with Crippen molar-refractivity contribution in [1.82, 2.24) is 0 Å². The highest BCUT2D eigenvalue weighted by molar-refractivity contribution is 7.18. The smallest absolute Gasteiger partial charge is 0.266 e. The molecule has 0 fully saturated rings. The fourth-order valence-electron chi connectivity index (χ4n) is 2.41. The van der Waals surface area contributed by atoms with E-state index in [-0.39, 0.29) is 11.8 Å². The average molecular weight is 407 g/mol. The molecule has 0 spiro atoms. The molecule has 0 aliphatic carbocycles. The summed E-state index contributed by atoms with van der Waals surface area (Å²) in [6.45, 7) is 7.33. The van der Waals surface area contributed by atoms with E-state index in [4.69, 9.17) is 14.2 Å². The second-order valence-electron chi connectivity index (χ2n) is 7.20. The van der Waals surface area contributed by atoms with Crippen molar-refractivity contribution in [2.24, 2.45) is 5.41 Å². The largest absolute Gasteiger partial charge is 0.493 e. The lowest BCUT2D eigenvalue weighted by molar-refractivity contribution is -0.123. The molecule has 7 nitrogen and oxygen atoms in total. The van der Waals surface area contributed by atoms with Crippen LogP contribution in [0.2, 0.25) is 0 Å². The van der Waals surface area contributed by atoms with Crippen molar-refractivity contribution in [1.29, 1.82) is 0 Å². The topological polar surface area (TPSA) is 85.9 Å². The van der Waals surface area contributed by atoms with E-state index >= 15 is 0 Å². The van der Waals surface area contributed by atoms with Crippen LogP contribution in [0.4, 0.5) is 10.7 Å². The zero-order valence-corrected chi connectivity index (χ0v) is 18.0. The Labute approximate surface area is 169 Å². The lowest BCUT2D eigenvalue weighted by atomic mass is 9.96. The highest BCUT2D eigenvalue weighted by atomic mass is 32.1. The second kappa shape index (κ2) is 8.52.